The fourth-order valence-electron chi connectivity index (χ4n) is 1.06. The van der Waals surface area contributed by atoms with Crippen LogP contribution in [-0.2, 0) is 4.74 Å². The molecule has 0 atom stereocenters. The van der Waals surface area contributed by atoms with Crippen molar-refractivity contribution in [3.8, 4) is 5.75 Å². The third-order valence-electron chi connectivity index (χ3n) is 1.70. The Balaban J connectivity index is 2.60. The molecule has 0 aromatic heterocycles. The molecule has 15 heavy (non-hydrogen) atoms. The third kappa shape index (κ3) is 4.01. The minimum atomic E-state index is 0.523. The van der Waals surface area contributed by atoms with E-state index in [0.29, 0.717) is 25.5 Å². The van der Waals surface area contributed by atoms with Crippen LogP contribution in [0.2, 0.25) is 0 Å². The molecule has 1 aromatic carbocycles. The van der Waals surface area contributed by atoms with Gasteiger partial charge >= 0.3 is 0 Å². The van der Waals surface area contributed by atoms with Gasteiger partial charge in [0.25, 0.3) is 0 Å². The summed E-state index contributed by atoms with van der Waals surface area (Å²) < 4.78 is 12.4. The second-order valence-corrected chi connectivity index (χ2v) is 4.57. The van der Waals surface area contributed by atoms with Gasteiger partial charge in [-0.1, -0.05) is 0 Å². The first-order valence-electron chi connectivity index (χ1n) is 4.60. The molecule has 0 heterocycles. The maximum atomic E-state index is 5.66. The van der Waals surface area contributed by atoms with Gasteiger partial charge in [0.15, 0.2) is 0 Å². The molecule has 0 saturated heterocycles. The van der Waals surface area contributed by atoms with Gasteiger partial charge in [0.1, 0.15) is 12.4 Å². The topological polar surface area (TPSA) is 44.5 Å². The van der Waals surface area contributed by atoms with Crippen LogP contribution in [0.5, 0.6) is 5.75 Å². The van der Waals surface area contributed by atoms with E-state index in [1.165, 1.54) is 0 Å². The van der Waals surface area contributed by atoms with E-state index in [4.69, 9.17) is 15.2 Å². The van der Waals surface area contributed by atoms with Crippen LogP contribution in [0.1, 0.15) is 6.92 Å². The van der Waals surface area contributed by atoms with Crippen molar-refractivity contribution in [1.82, 2.24) is 0 Å². The summed E-state index contributed by atoms with van der Waals surface area (Å²) in [4.78, 5) is 0. The van der Waals surface area contributed by atoms with E-state index in [2.05, 4.69) is 31.9 Å². The maximum absolute atomic E-state index is 5.66. The van der Waals surface area contributed by atoms with Gasteiger partial charge in [0.2, 0.25) is 0 Å². The van der Waals surface area contributed by atoms with Crippen LogP contribution in [0, 0.1) is 0 Å². The van der Waals surface area contributed by atoms with Crippen molar-refractivity contribution in [3.05, 3.63) is 21.1 Å². The zero-order valence-electron chi connectivity index (χ0n) is 8.43. The predicted molar refractivity (Wildman–Crippen MR) is 68.2 cm³/mol. The molecule has 0 fully saturated rings. The standard InChI is InChI=1S/C10H13Br2NO2/c1-2-14-3-4-15-10-8(11)5-7(13)6-9(10)12/h5-6H,2-4,13H2,1H3. The van der Waals surface area contributed by atoms with E-state index in [1.807, 2.05) is 6.92 Å². The van der Waals surface area contributed by atoms with Crippen LogP contribution in [0.15, 0.2) is 21.1 Å². The Morgan fingerprint density at radius 2 is 1.80 bits per heavy atom. The molecule has 0 aliphatic rings. The van der Waals surface area contributed by atoms with E-state index in [-0.39, 0.29) is 0 Å². The SMILES string of the molecule is CCOCCOc1c(Br)cc(N)cc1Br. The molecule has 0 amide bonds. The summed E-state index contributed by atoms with van der Waals surface area (Å²) in [5, 5.41) is 0. The Hall–Kier alpha value is -0.260. The summed E-state index contributed by atoms with van der Waals surface area (Å²) >= 11 is 6.78. The molecule has 0 radical (unpaired) electrons. The van der Waals surface area contributed by atoms with Crippen molar-refractivity contribution in [2.45, 2.75) is 6.92 Å². The summed E-state index contributed by atoms with van der Waals surface area (Å²) in [6, 6.07) is 3.61. The number of nitrogen functional groups attached to an aromatic ring is 1. The van der Waals surface area contributed by atoms with Crippen molar-refractivity contribution in [2.24, 2.45) is 0 Å². The van der Waals surface area contributed by atoms with Gasteiger partial charge in [0.05, 0.1) is 15.6 Å². The first-order chi connectivity index (χ1) is 7.15. The van der Waals surface area contributed by atoms with Gasteiger partial charge in [-0.05, 0) is 50.9 Å². The first-order valence-corrected chi connectivity index (χ1v) is 6.18. The lowest BCUT2D eigenvalue weighted by Crippen LogP contribution is -2.07. The highest BCUT2D eigenvalue weighted by Gasteiger charge is 2.07. The van der Waals surface area contributed by atoms with Crippen LogP contribution < -0.4 is 10.5 Å². The second kappa shape index (κ2) is 6.35. The highest BCUT2D eigenvalue weighted by atomic mass is 79.9. The number of anilines is 1. The van der Waals surface area contributed by atoms with Crippen molar-refractivity contribution in [1.29, 1.82) is 0 Å². The van der Waals surface area contributed by atoms with Crippen LogP contribution >= 0.6 is 31.9 Å². The molecule has 2 N–H and O–H groups in total. The van der Waals surface area contributed by atoms with E-state index < -0.39 is 0 Å². The van der Waals surface area contributed by atoms with Crippen molar-refractivity contribution in [2.75, 3.05) is 25.6 Å². The van der Waals surface area contributed by atoms with Gasteiger partial charge in [0, 0.05) is 12.3 Å². The Morgan fingerprint density at radius 1 is 1.20 bits per heavy atom. The lowest BCUT2D eigenvalue weighted by molar-refractivity contribution is 0.109. The van der Waals surface area contributed by atoms with E-state index >= 15 is 0 Å². The Bertz CT molecular complexity index is 308. The van der Waals surface area contributed by atoms with Crippen LogP contribution in [0.4, 0.5) is 5.69 Å². The maximum Gasteiger partial charge on any atom is 0.147 e. The molecule has 1 aromatic rings. The number of rotatable bonds is 5. The fourth-order valence-corrected chi connectivity index (χ4v) is 2.52. The molecule has 0 aliphatic carbocycles. The third-order valence-corrected chi connectivity index (χ3v) is 2.88. The molecular weight excluding hydrogens is 326 g/mol. The quantitative estimate of drug-likeness (QED) is 0.662. The number of ether oxygens (including phenoxy) is 2. The van der Waals surface area contributed by atoms with Crippen molar-refractivity contribution >= 4 is 37.5 Å². The van der Waals surface area contributed by atoms with E-state index in [0.717, 1.165) is 14.7 Å². The lowest BCUT2D eigenvalue weighted by atomic mass is 10.3. The summed E-state index contributed by atoms with van der Waals surface area (Å²) in [5.41, 5.74) is 6.35. The number of nitrogens with two attached hydrogens (primary N) is 1. The minimum Gasteiger partial charge on any atom is -0.489 e. The minimum absolute atomic E-state index is 0.523. The zero-order valence-corrected chi connectivity index (χ0v) is 11.6. The molecule has 0 bridgehead atoms. The highest BCUT2D eigenvalue weighted by Crippen LogP contribution is 2.35. The second-order valence-electron chi connectivity index (χ2n) is 2.86. The Morgan fingerprint density at radius 3 is 2.33 bits per heavy atom. The summed E-state index contributed by atoms with van der Waals surface area (Å²) in [5.74, 6) is 0.754. The lowest BCUT2D eigenvalue weighted by Gasteiger charge is -2.10. The monoisotopic (exact) mass is 337 g/mol. The van der Waals surface area contributed by atoms with Gasteiger partial charge in [-0.15, -0.1) is 0 Å². The molecule has 0 saturated carbocycles. The first kappa shape index (κ1) is 12.8. The van der Waals surface area contributed by atoms with Gasteiger partial charge in [-0.2, -0.15) is 0 Å². The van der Waals surface area contributed by atoms with Gasteiger partial charge in [-0.25, -0.2) is 0 Å². The van der Waals surface area contributed by atoms with Crippen molar-refractivity contribution < 1.29 is 9.47 Å². The number of benzene rings is 1. The molecule has 1 rings (SSSR count). The Labute approximate surface area is 106 Å². The average molecular weight is 339 g/mol. The summed E-state index contributed by atoms with van der Waals surface area (Å²) in [7, 11) is 0. The highest BCUT2D eigenvalue weighted by molar-refractivity contribution is 9.11. The van der Waals surface area contributed by atoms with Crippen LogP contribution in [0.3, 0.4) is 0 Å². The molecular formula is C10H13Br2NO2. The molecule has 0 unspecified atom stereocenters. The van der Waals surface area contributed by atoms with Crippen LogP contribution in [-0.4, -0.2) is 19.8 Å². The number of halogens is 2. The fraction of sp³-hybridized carbons (Fsp3) is 0.400. The predicted octanol–water partition coefficient (Wildman–Crippen LogP) is 3.21. The van der Waals surface area contributed by atoms with E-state index in [1.54, 1.807) is 12.1 Å². The van der Waals surface area contributed by atoms with Crippen LogP contribution in [0.25, 0.3) is 0 Å². The molecule has 0 aliphatic heterocycles. The number of hydrogen-bond acceptors (Lipinski definition) is 3. The molecule has 5 heteroatoms. The zero-order chi connectivity index (χ0) is 11.3. The van der Waals surface area contributed by atoms with Gasteiger partial charge in [-0.3, -0.25) is 0 Å². The summed E-state index contributed by atoms with van der Waals surface area (Å²) in [6.45, 7) is 3.76. The molecule has 0 spiro atoms. The van der Waals surface area contributed by atoms with Crippen molar-refractivity contribution in [3.63, 3.8) is 0 Å². The summed E-state index contributed by atoms with van der Waals surface area (Å²) in [6.07, 6.45) is 0. The molecule has 84 valence electrons. The smallest absolute Gasteiger partial charge is 0.147 e. The number of hydrogen-bond donors (Lipinski definition) is 1. The largest absolute Gasteiger partial charge is 0.489 e. The van der Waals surface area contributed by atoms with Gasteiger partial charge < -0.3 is 15.2 Å². The van der Waals surface area contributed by atoms with E-state index in [9.17, 15) is 0 Å². The Kier molecular flexibility index (Phi) is 5.42. The normalized spacial score (nSPS) is 10.3. The molecule has 3 nitrogen and oxygen atoms in total. The average Bonchev–Trinajstić information content (AvgIpc) is 2.15.